The lowest BCUT2D eigenvalue weighted by Crippen LogP contribution is -2.45. The maximum atomic E-state index is 12.8. The van der Waals surface area contributed by atoms with Gasteiger partial charge in [-0.1, -0.05) is 204 Å². The van der Waals surface area contributed by atoms with Gasteiger partial charge in [-0.15, -0.1) is 0 Å². The van der Waals surface area contributed by atoms with Gasteiger partial charge >= 0.3 is 7.82 Å². The molecule has 0 saturated heterocycles. The number of quaternary nitrogens is 1. The molecular weight excluding hydrogens is 756 g/mol. The van der Waals surface area contributed by atoms with E-state index in [0.717, 1.165) is 51.4 Å². The van der Waals surface area contributed by atoms with E-state index in [4.69, 9.17) is 9.05 Å². The van der Waals surface area contributed by atoms with Crippen LogP contribution >= 0.6 is 7.82 Å². The fraction of sp³-hybridized carbons (Fsp3) is 0.860. The van der Waals surface area contributed by atoms with E-state index < -0.39 is 20.0 Å². The van der Waals surface area contributed by atoms with Gasteiger partial charge in [0, 0.05) is 6.42 Å². The highest BCUT2D eigenvalue weighted by molar-refractivity contribution is 7.47. The Balaban J connectivity index is 3.87. The number of nitrogens with one attached hydrogen (secondary N) is 1. The Bertz CT molecular complexity index is 1060. The van der Waals surface area contributed by atoms with Crippen LogP contribution in [-0.2, 0) is 18.4 Å². The third-order valence-corrected chi connectivity index (χ3v) is 12.1. The first-order valence-corrected chi connectivity index (χ1v) is 26.4. The second-order valence-electron chi connectivity index (χ2n) is 18.2. The molecular formula is C50H98N2O6P+. The largest absolute Gasteiger partial charge is 0.472 e. The quantitative estimate of drug-likeness (QED) is 0.0244. The van der Waals surface area contributed by atoms with Crippen LogP contribution in [0, 0.1) is 0 Å². The number of amides is 1. The number of hydrogen-bond acceptors (Lipinski definition) is 5. The molecule has 0 aromatic heterocycles. The van der Waals surface area contributed by atoms with Gasteiger partial charge < -0.3 is 19.8 Å². The molecule has 1 amide bonds. The molecule has 0 fully saturated rings. The van der Waals surface area contributed by atoms with E-state index in [2.05, 4.69) is 43.5 Å². The van der Waals surface area contributed by atoms with Gasteiger partial charge in [0.15, 0.2) is 0 Å². The van der Waals surface area contributed by atoms with Gasteiger partial charge in [0.05, 0.1) is 39.9 Å². The number of nitrogens with zero attached hydrogens (tertiary/aromatic N) is 1. The van der Waals surface area contributed by atoms with Crippen molar-refractivity contribution in [1.29, 1.82) is 0 Å². The number of likely N-dealkylation sites (N-methyl/N-ethyl adjacent to an activating group) is 1. The van der Waals surface area contributed by atoms with Crippen molar-refractivity contribution in [2.45, 2.75) is 238 Å². The number of rotatable bonds is 45. The number of phosphoric acid groups is 1. The first-order valence-electron chi connectivity index (χ1n) is 24.9. The summed E-state index contributed by atoms with van der Waals surface area (Å²) in [5.41, 5.74) is 0. The molecule has 3 N–H and O–H groups in total. The molecule has 0 rings (SSSR count). The molecule has 0 aliphatic heterocycles. The third kappa shape index (κ3) is 44.6. The number of unbranched alkanes of at least 4 members (excludes halogenated alkanes) is 28. The van der Waals surface area contributed by atoms with Crippen molar-refractivity contribution in [3.63, 3.8) is 0 Å². The minimum atomic E-state index is -4.32. The van der Waals surface area contributed by atoms with Crippen molar-refractivity contribution < 1.29 is 32.9 Å². The third-order valence-electron chi connectivity index (χ3n) is 11.1. The summed E-state index contributed by atoms with van der Waals surface area (Å²) in [5.74, 6) is -0.181. The van der Waals surface area contributed by atoms with E-state index in [1.165, 1.54) is 154 Å². The summed E-state index contributed by atoms with van der Waals surface area (Å²) >= 11 is 0. The van der Waals surface area contributed by atoms with Crippen LogP contribution in [0.2, 0.25) is 0 Å². The van der Waals surface area contributed by atoms with Gasteiger partial charge in [0.1, 0.15) is 13.2 Å². The molecule has 3 unspecified atom stereocenters. The standard InChI is InChI=1S/C50H97N2O6P/c1-6-8-10-12-14-15-16-17-18-19-20-21-22-23-24-25-26-27-28-29-30-31-32-33-34-35-36-37-38-40-42-44-50(54)51-48(49(53)43-41-39-13-11-9-7-2)47-58-59(55,56)57-46-45-52(3,4)5/h16-17,19-20,41,43,48-49,53H,6-15,18,21-40,42,44-47H2,1-5H3,(H-,51,54,55,56)/p+1/b17-16-,20-19-,43-41+. The molecule has 0 aromatic carbocycles. The maximum Gasteiger partial charge on any atom is 0.472 e. The van der Waals surface area contributed by atoms with E-state index in [9.17, 15) is 19.4 Å². The monoisotopic (exact) mass is 854 g/mol. The van der Waals surface area contributed by atoms with Gasteiger partial charge in [-0.05, 0) is 51.4 Å². The molecule has 0 heterocycles. The second kappa shape index (κ2) is 42.0. The van der Waals surface area contributed by atoms with Crippen LogP contribution in [0.25, 0.3) is 0 Å². The fourth-order valence-corrected chi connectivity index (χ4v) is 7.87. The van der Waals surface area contributed by atoms with E-state index >= 15 is 0 Å². The zero-order valence-corrected chi connectivity index (χ0v) is 40.4. The molecule has 0 aromatic rings. The van der Waals surface area contributed by atoms with Crippen molar-refractivity contribution >= 4 is 13.7 Å². The van der Waals surface area contributed by atoms with Gasteiger partial charge in [0.25, 0.3) is 0 Å². The van der Waals surface area contributed by atoms with Crippen molar-refractivity contribution in [1.82, 2.24) is 5.32 Å². The summed E-state index contributed by atoms with van der Waals surface area (Å²) in [4.78, 5) is 23.0. The zero-order valence-electron chi connectivity index (χ0n) is 39.5. The van der Waals surface area contributed by atoms with Crippen molar-refractivity contribution in [2.24, 2.45) is 0 Å². The summed E-state index contributed by atoms with van der Waals surface area (Å²) < 4.78 is 23.4. The second-order valence-corrected chi connectivity index (χ2v) is 19.6. The van der Waals surface area contributed by atoms with Crippen LogP contribution in [0.3, 0.4) is 0 Å². The van der Waals surface area contributed by atoms with Gasteiger partial charge in [0.2, 0.25) is 5.91 Å². The van der Waals surface area contributed by atoms with Gasteiger partial charge in [-0.25, -0.2) is 4.57 Å². The first kappa shape index (κ1) is 57.7. The molecule has 348 valence electrons. The Morgan fingerprint density at radius 3 is 1.41 bits per heavy atom. The molecule has 9 heteroatoms. The topological polar surface area (TPSA) is 105 Å². The molecule has 0 bridgehead atoms. The molecule has 0 spiro atoms. The van der Waals surface area contributed by atoms with E-state index in [0.29, 0.717) is 17.4 Å². The summed E-state index contributed by atoms with van der Waals surface area (Å²) in [5, 5.41) is 13.7. The number of hydrogen-bond donors (Lipinski definition) is 3. The van der Waals surface area contributed by atoms with Crippen LogP contribution in [-0.4, -0.2) is 73.4 Å². The maximum absolute atomic E-state index is 12.8. The number of aliphatic hydroxyl groups is 1. The number of allylic oxidation sites excluding steroid dienone is 5. The first-order chi connectivity index (χ1) is 28.5. The van der Waals surface area contributed by atoms with E-state index in [1.54, 1.807) is 6.08 Å². The van der Waals surface area contributed by atoms with E-state index in [1.807, 2.05) is 27.2 Å². The van der Waals surface area contributed by atoms with Crippen LogP contribution < -0.4 is 5.32 Å². The molecule has 0 aliphatic carbocycles. The summed E-state index contributed by atoms with van der Waals surface area (Å²) in [6.45, 7) is 4.73. The Hall–Kier alpha value is -1.28. The van der Waals surface area contributed by atoms with Gasteiger partial charge in [-0.3, -0.25) is 13.8 Å². The van der Waals surface area contributed by atoms with Crippen molar-refractivity contribution in [3.05, 3.63) is 36.5 Å². The lowest BCUT2D eigenvalue weighted by Gasteiger charge is -2.25. The average Bonchev–Trinajstić information content (AvgIpc) is 3.19. The minimum Gasteiger partial charge on any atom is -0.387 e. The Labute approximate surface area is 366 Å². The highest BCUT2D eigenvalue weighted by Crippen LogP contribution is 2.43. The molecule has 59 heavy (non-hydrogen) atoms. The normalized spacial score (nSPS) is 14.5. The lowest BCUT2D eigenvalue weighted by molar-refractivity contribution is -0.870. The fourth-order valence-electron chi connectivity index (χ4n) is 7.13. The van der Waals surface area contributed by atoms with Crippen LogP contribution in [0.5, 0.6) is 0 Å². The summed E-state index contributed by atoms with van der Waals surface area (Å²) in [6, 6.07) is -0.840. The molecule has 0 aliphatic rings. The Kier molecular flexibility index (Phi) is 41.1. The Morgan fingerprint density at radius 2 is 0.966 bits per heavy atom. The highest BCUT2D eigenvalue weighted by atomic mass is 31.2. The van der Waals surface area contributed by atoms with Crippen LogP contribution in [0.1, 0.15) is 226 Å². The summed E-state index contributed by atoms with van der Waals surface area (Å²) in [6.07, 6.45) is 52.8. The zero-order chi connectivity index (χ0) is 43.6. The van der Waals surface area contributed by atoms with Gasteiger partial charge in [-0.2, -0.15) is 0 Å². The number of phosphoric ester groups is 1. The summed E-state index contributed by atoms with van der Waals surface area (Å²) in [7, 11) is 1.57. The Morgan fingerprint density at radius 1 is 0.576 bits per heavy atom. The van der Waals surface area contributed by atoms with Crippen LogP contribution in [0.15, 0.2) is 36.5 Å². The molecule has 0 radical (unpaired) electrons. The number of carbonyl (C=O) groups is 1. The van der Waals surface area contributed by atoms with Crippen LogP contribution in [0.4, 0.5) is 0 Å². The number of aliphatic hydroxyl groups excluding tert-OH is 1. The van der Waals surface area contributed by atoms with Crippen molar-refractivity contribution in [2.75, 3.05) is 40.9 Å². The number of carbonyl (C=O) groups excluding carboxylic acids is 1. The average molecular weight is 854 g/mol. The lowest BCUT2D eigenvalue weighted by atomic mass is 10.0. The van der Waals surface area contributed by atoms with Crippen molar-refractivity contribution in [3.8, 4) is 0 Å². The SMILES string of the molecule is CCCCCC/C=C/C(O)C(COP(=O)(O)OCC[N+](C)(C)C)NC(=O)CCCCCCCCCCCCCCCCCCCCC/C=C\C/C=C\CCCCCCC. The molecule has 8 nitrogen and oxygen atoms in total. The van der Waals surface area contributed by atoms with E-state index in [-0.39, 0.29) is 19.1 Å². The molecule has 3 atom stereocenters. The predicted molar refractivity (Wildman–Crippen MR) is 254 cm³/mol. The highest BCUT2D eigenvalue weighted by Gasteiger charge is 2.27. The minimum absolute atomic E-state index is 0.0617. The molecule has 0 saturated carbocycles. The predicted octanol–water partition coefficient (Wildman–Crippen LogP) is 14.3. The smallest absolute Gasteiger partial charge is 0.387 e.